The third-order valence-corrected chi connectivity index (χ3v) is 6.15. The number of hydrogen-bond acceptors (Lipinski definition) is 4. The fourth-order valence-electron chi connectivity index (χ4n) is 4.56. The molecule has 0 aromatic heterocycles. The van der Waals surface area contributed by atoms with Crippen LogP contribution in [-0.2, 0) is 27.4 Å². The normalized spacial score (nSPS) is 27.9. The van der Waals surface area contributed by atoms with Gasteiger partial charge in [0.1, 0.15) is 12.2 Å². The van der Waals surface area contributed by atoms with E-state index in [-0.39, 0.29) is 12.2 Å². The molecule has 2 aromatic rings. The molecule has 29 heavy (non-hydrogen) atoms. The van der Waals surface area contributed by atoms with Gasteiger partial charge >= 0.3 is 0 Å². The summed E-state index contributed by atoms with van der Waals surface area (Å²) < 4.78 is 18.4. The molecule has 1 N–H and O–H groups in total. The smallest absolute Gasteiger partial charge is 0.184 e. The molecule has 0 radical (unpaired) electrons. The van der Waals surface area contributed by atoms with Crippen LogP contribution >= 0.6 is 0 Å². The van der Waals surface area contributed by atoms with E-state index in [1.807, 2.05) is 48.5 Å². The zero-order valence-corrected chi connectivity index (χ0v) is 17.0. The van der Waals surface area contributed by atoms with Gasteiger partial charge in [-0.2, -0.15) is 0 Å². The van der Waals surface area contributed by atoms with Gasteiger partial charge in [-0.05, 0) is 23.5 Å². The Morgan fingerprint density at radius 3 is 1.90 bits per heavy atom. The molecule has 2 aliphatic rings. The standard InChI is InChI=1S/C25H32O4/c26-25-24(28-18-21-14-8-3-9-15-21)23(27-17-20-12-6-2-7-13-20)22(29-25)16-19-10-4-1-5-11-19/h2-3,6-9,12-15,19,22-26H,1,4-5,10-11,16-18H2/t22-,23-,24-,25?/m1/s1. The van der Waals surface area contributed by atoms with Crippen LogP contribution in [0.1, 0.15) is 49.7 Å². The van der Waals surface area contributed by atoms with Gasteiger partial charge in [0.2, 0.25) is 0 Å². The maximum Gasteiger partial charge on any atom is 0.184 e. The first-order chi connectivity index (χ1) is 14.3. The van der Waals surface area contributed by atoms with Gasteiger partial charge < -0.3 is 19.3 Å². The lowest BCUT2D eigenvalue weighted by Crippen LogP contribution is -2.38. The quantitative estimate of drug-likeness (QED) is 0.693. The van der Waals surface area contributed by atoms with Crippen LogP contribution in [0, 0.1) is 5.92 Å². The third kappa shape index (κ3) is 5.67. The van der Waals surface area contributed by atoms with Gasteiger partial charge in [-0.3, -0.25) is 0 Å². The minimum absolute atomic E-state index is 0.127. The van der Waals surface area contributed by atoms with Gasteiger partial charge in [0, 0.05) is 0 Å². The van der Waals surface area contributed by atoms with Gasteiger partial charge in [-0.1, -0.05) is 92.8 Å². The molecule has 0 bridgehead atoms. The second-order valence-corrected chi connectivity index (χ2v) is 8.33. The molecule has 1 aliphatic carbocycles. The summed E-state index contributed by atoms with van der Waals surface area (Å²) in [5.74, 6) is 0.650. The molecule has 0 amide bonds. The first-order valence-electron chi connectivity index (χ1n) is 10.9. The van der Waals surface area contributed by atoms with Crippen molar-refractivity contribution in [1.82, 2.24) is 0 Å². The Morgan fingerprint density at radius 2 is 1.31 bits per heavy atom. The first kappa shape index (κ1) is 20.5. The molecule has 1 saturated heterocycles. The average molecular weight is 397 g/mol. The molecule has 2 fully saturated rings. The molecule has 4 atom stereocenters. The van der Waals surface area contributed by atoms with Crippen LogP contribution in [-0.4, -0.2) is 29.7 Å². The van der Waals surface area contributed by atoms with E-state index in [9.17, 15) is 5.11 Å². The second kappa shape index (κ2) is 10.4. The van der Waals surface area contributed by atoms with E-state index >= 15 is 0 Å². The van der Waals surface area contributed by atoms with Crippen molar-refractivity contribution in [2.24, 2.45) is 5.92 Å². The van der Waals surface area contributed by atoms with Gasteiger partial charge in [0.15, 0.2) is 6.29 Å². The lowest BCUT2D eigenvalue weighted by Gasteiger charge is -2.28. The highest BCUT2D eigenvalue weighted by atomic mass is 16.7. The maximum absolute atomic E-state index is 10.6. The van der Waals surface area contributed by atoms with Crippen molar-refractivity contribution in [3.8, 4) is 0 Å². The van der Waals surface area contributed by atoms with Crippen molar-refractivity contribution in [3.63, 3.8) is 0 Å². The van der Waals surface area contributed by atoms with E-state index in [1.54, 1.807) is 0 Å². The molecule has 1 saturated carbocycles. The summed E-state index contributed by atoms with van der Waals surface area (Å²) in [6.45, 7) is 0.932. The van der Waals surface area contributed by atoms with E-state index in [1.165, 1.54) is 32.1 Å². The number of aliphatic hydroxyl groups excluding tert-OH is 1. The molecule has 1 unspecified atom stereocenters. The van der Waals surface area contributed by atoms with E-state index < -0.39 is 12.4 Å². The Kier molecular flexibility index (Phi) is 7.33. The van der Waals surface area contributed by atoms with Crippen molar-refractivity contribution in [2.45, 2.75) is 76.3 Å². The van der Waals surface area contributed by atoms with Crippen LogP contribution in [0.5, 0.6) is 0 Å². The largest absolute Gasteiger partial charge is 0.368 e. The summed E-state index contributed by atoms with van der Waals surface area (Å²) in [6, 6.07) is 20.2. The van der Waals surface area contributed by atoms with Crippen LogP contribution in [0.4, 0.5) is 0 Å². The van der Waals surface area contributed by atoms with Crippen molar-refractivity contribution in [2.75, 3.05) is 0 Å². The number of aliphatic hydroxyl groups is 1. The Bertz CT molecular complexity index is 714. The summed E-state index contributed by atoms with van der Waals surface area (Å²) in [7, 11) is 0. The lowest BCUT2D eigenvalue weighted by molar-refractivity contribution is -0.150. The zero-order chi connectivity index (χ0) is 19.9. The average Bonchev–Trinajstić information content (AvgIpc) is 3.06. The zero-order valence-electron chi connectivity index (χ0n) is 17.0. The minimum atomic E-state index is -0.951. The highest BCUT2D eigenvalue weighted by Gasteiger charge is 2.46. The predicted octanol–water partition coefficient (Wildman–Crippen LogP) is 4.84. The van der Waals surface area contributed by atoms with Gasteiger partial charge in [0.25, 0.3) is 0 Å². The SMILES string of the molecule is OC1O[C@H](CC2CCCCC2)[C@@H](OCc2ccccc2)[C@H]1OCc1ccccc1. The number of ether oxygens (including phenoxy) is 3. The molecule has 4 rings (SSSR count). The fourth-order valence-corrected chi connectivity index (χ4v) is 4.56. The van der Waals surface area contributed by atoms with E-state index in [4.69, 9.17) is 14.2 Å². The van der Waals surface area contributed by atoms with Crippen LogP contribution in [0.15, 0.2) is 60.7 Å². The van der Waals surface area contributed by atoms with Crippen molar-refractivity contribution in [1.29, 1.82) is 0 Å². The summed E-state index contributed by atoms with van der Waals surface area (Å²) in [5.41, 5.74) is 2.20. The van der Waals surface area contributed by atoms with Crippen molar-refractivity contribution in [3.05, 3.63) is 71.8 Å². The first-order valence-corrected chi connectivity index (χ1v) is 10.9. The molecular weight excluding hydrogens is 364 g/mol. The van der Waals surface area contributed by atoms with Gasteiger partial charge in [-0.25, -0.2) is 0 Å². The van der Waals surface area contributed by atoms with Gasteiger partial charge in [-0.15, -0.1) is 0 Å². The van der Waals surface area contributed by atoms with E-state index in [2.05, 4.69) is 12.1 Å². The fraction of sp³-hybridized carbons (Fsp3) is 0.520. The molecule has 1 aliphatic heterocycles. The van der Waals surface area contributed by atoms with Crippen LogP contribution < -0.4 is 0 Å². The number of benzene rings is 2. The maximum atomic E-state index is 10.6. The van der Waals surface area contributed by atoms with Crippen LogP contribution in [0.2, 0.25) is 0 Å². The highest BCUT2D eigenvalue weighted by Crippen LogP contribution is 2.35. The van der Waals surface area contributed by atoms with Crippen molar-refractivity contribution < 1.29 is 19.3 Å². The number of rotatable bonds is 8. The Hall–Kier alpha value is -1.72. The van der Waals surface area contributed by atoms with Crippen molar-refractivity contribution >= 4 is 0 Å². The summed E-state index contributed by atoms with van der Waals surface area (Å²) in [5, 5.41) is 10.6. The highest BCUT2D eigenvalue weighted by molar-refractivity contribution is 5.14. The molecule has 156 valence electrons. The molecule has 4 heteroatoms. The number of hydrogen-bond donors (Lipinski definition) is 1. The molecule has 1 heterocycles. The summed E-state index contributed by atoms with van der Waals surface area (Å²) in [4.78, 5) is 0. The molecule has 0 spiro atoms. The molecular formula is C25H32O4. The van der Waals surface area contributed by atoms with E-state index in [0.717, 1.165) is 17.5 Å². The Balaban J connectivity index is 1.43. The molecule has 4 nitrogen and oxygen atoms in total. The van der Waals surface area contributed by atoms with E-state index in [0.29, 0.717) is 19.1 Å². The Morgan fingerprint density at radius 1 is 0.759 bits per heavy atom. The monoisotopic (exact) mass is 396 g/mol. The van der Waals surface area contributed by atoms with Crippen LogP contribution in [0.3, 0.4) is 0 Å². The predicted molar refractivity (Wildman–Crippen MR) is 112 cm³/mol. The molecule has 2 aromatic carbocycles. The lowest BCUT2D eigenvalue weighted by atomic mass is 9.84. The van der Waals surface area contributed by atoms with Gasteiger partial charge in [0.05, 0.1) is 19.3 Å². The summed E-state index contributed by atoms with van der Waals surface area (Å²) >= 11 is 0. The minimum Gasteiger partial charge on any atom is -0.368 e. The summed E-state index contributed by atoms with van der Waals surface area (Å²) in [6.07, 6.45) is 5.53. The Labute approximate surface area is 173 Å². The third-order valence-electron chi connectivity index (χ3n) is 6.15. The van der Waals surface area contributed by atoms with Crippen LogP contribution in [0.25, 0.3) is 0 Å². The second-order valence-electron chi connectivity index (χ2n) is 8.33. The topological polar surface area (TPSA) is 47.9 Å².